The Morgan fingerprint density at radius 1 is 1.03 bits per heavy atom. The Balaban J connectivity index is 1.53. The first-order valence-electron chi connectivity index (χ1n) is 9.80. The summed E-state index contributed by atoms with van der Waals surface area (Å²) in [5, 5.41) is 3.80. The zero-order valence-electron chi connectivity index (χ0n) is 16.5. The molecule has 2 fully saturated rings. The third-order valence-corrected chi connectivity index (χ3v) is 6.76. The maximum absolute atomic E-state index is 12.7. The van der Waals surface area contributed by atoms with Crippen LogP contribution in [0.2, 0.25) is 0 Å². The molecule has 0 radical (unpaired) electrons. The van der Waals surface area contributed by atoms with Crippen LogP contribution in [0.4, 0.5) is 26.3 Å². The summed E-state index contributed by atoms with van der Waals surface area (Å²) in [5.41, 5.74) is 0.558. The Bertz CT molecular complexity index is 797. The fourth-order valence-corrected chi connectivity index (χ4v) is 4.75. The van der Waals surface area contributed by atoms with Crippen LogP contribution in [0.25, 0.3) is 6.08 Å². The first kappa shape index (κ1) is 23.6. The summed E-state index contributed by atoms with van der Waals surface area (Å²) in [4.78, 5) is 27.3. The van der Waals surface area contributed by atoms with Gasteiger partial charge < -0.3 is 9.80 Å². The van der Waals surface area contributed by atoms with Crippen molar-refractivity contribution in [1.82, 2.24) is 9.80 Å². The molecule has 4 nitrogen and oxygen atoms in total. The molecule has 2 amide bonds. The maximum atomic E-state index is 12.7. The second-order valence-corrected chi connectivity index (χ2v) is 8.90. The van der Waals surface area contributed by atoms with E-state index < -0.39 is 30.6 Å². The minimum Gasteiger partial charge on any atom is -0.342 e. The van der Waals surface area contributed by atoms with E-state index in [0.29, 0.717) is 32.4 Å². The normalized spacial score (nSPS) is 19.7. The van der Waals surface area contributed by atoms with Crippen LogP contribution in [0, 0.1) is 11.3 Å². The lowest BCUT2D eigenvalue weighted by atomic mass is 9.77. The van der Waals surface area contributed by atoms with Gasteiger partial charge in [0.2, 0.25) is 11.8 Å². The quantitative estimate of drug-likeness (QED) is 0.474. The molecule has 0 atom stereocenters. The SMILES string of the molecule is O=C(/C=C/c1ccsc1)N1CCC2(CC1)CCN(C(=O)CC(C(F)(F)F)C(F)(F)F)C2. The van der Waals surface area contributed by atoms with Gasteiger partial charge in [0.15, 0.2) is 5.92 Å². The van der Waals surface area contributed by atoms with Crippen molar-refractivity contribution in [3.05, 3.63) is 28.5 Å². The summed E-state index contributed by atoms with van der Waals surface area (Å²) in [6.07, 6.45) is -7.85. The molecule has 1 spiro atoms. The van der Waals surface area contributed by atoms with Crippen LogP contribution in [0.1, 0.15) is 31.2 Å². The minimum absolute atomic E-state index is 0.126. The van der Waals surface area contributed by atoms with Gasteiger partial charge in [-0.25, -0.2) is 0 Å². The number of rotatable bonds is 4. The van der Waals surface area contributed by atoms with Crippen LogP contribution in [0.5, 0.6) is 0 Å². The van der Waals surface area contributed by atoms with E-state index >= 15 is 0 Å². The van der Waals surface area contributed by atoms with E-state index in [0.717, 1.165) is 10.5 Å². The van der Waals surface area contributed by atoms with Crippen molar-refractivity contribution >= 4 is 29.2 Å². The average molecular weight is 468 g/mol. The van der Waals surface area contributed by atoms with Crippen molar-refractivity contribution < 1.29 is 35.9 Å². The molecule has 0 aliphatic carbocycles. The molecule has 1 aromatic rings. The molecule has 0 saturated carbocycles. The molecular formula is C20H22F6N2O2S. The number of hydrogen-bond acceptors (Lipinski definition) is 3. The summed E-state index contributed by atoms with van der Waals surface area (Å²) < 4.78 is 76.5. The molecule has 3 heterocycles. The van der Waals surface area contributed by atoms with Crippen molar-refractivity contribution in [1.29, 1.82) is 0 Å². The number of piperidine rings is 1. The van der Waals surface area contributed by atoms with Gasteiger partial charge in [-0.1, -0.05) is 0 Å². The number of halogens is 6. The first-order chi connectivity index (χ1) is 14.4. The van der Waals surface area contributed by atoms with Gasteiger partial charge in [-0.2, -0.15) is 37.7 Å². The van der Waals surface area contributed by atoms with Crippen molar-refractivity contribution in [2.24, 2.45) is 11.3 Å². The second kappa shape index (κ2) is 8.84. The van der Waals surface area contributed by atoms with E-state index in [1.165, 1.54) is 17.4 Å². The first-order valence-corrected chi connectivity index (χ1v) is 10.7. The summed E-state index contributed by atoms with van der Waals surface area (Å²) >= 11 is 1.51. The summed E-state index contributed by atoms with van der Waals surface area (Å²) in [6, 6.07) is 1.88. The van der Waals surface area contributed by atoms with E-state index in [-0.39, 0.29) is 24.4 Å². The Hall–Kier alpha value is -2.04. The third-order valence-electron chi connectivity index (χ3n) is 6.06. The maximum Gasteiger partial charge on any atom is 0.400 e. The van der Waals surface area contributed by atoms with Gasteiger partial charge in [0.05, 0.1) is 0 Å². The molecule has 0 N–H and O–H groups in total. The predicted molar refractivity (Wildman–Crippen MR) is 103 cm³/mol. The van der Waals surface area contributed by atoms with Crippen LogP contribution in [0.3, 0.4) is 0 Å². The summed E-state index contributed by atoms with van der Waals surface area (Å²) in [5.74, 6) is -4.93. The Morgan fingerprint density at radius 2 is 1.61 bits per heavy atom. The lowest BCUT2D eigenvalue weighted by Crippen LogP contribution is -2.45. The molecule has 0 bridgehead atoms. The van der Waals surface area contributed by atoms with Gasteiger partial charge in [0.25, 0.3) is 0 Å². The van der Waals surface area contributed by atoms with Crippen LogP contribution in [0.15, 0.2) is 22.9 Å². The van der Waals surface area contributed by atoms with Crippen molar-refractivity contribution in [2.45, 2.75) is 38.0 Å². The second-order valence-electron chi connectivity index (χ2n) is 8.12. The summed E-state index contributed by atoms with van der Waals surface area (Å²) in [7, 11) is 0. The highest BCUT2D eigenvalue weighted by Crippen LogP contribution is 2.44. The van der Waals surface area contributed by atoms with Crippen LogP contribution in [-0.4, -0.2) is 60.1 Å². The molecule has 2 saturated heterocycles. The lowest BCUT2D eigenvalue weighted by Gasteiger charge is -2.39. The van der Waals surface area contributed by atoms with Crippen molar-refractivity contribution in [2.75, 3.05) is 26.2 Å². The van der Waals surface area contributed by atoms with E-state index in [1.807, 2.05) is 16.8 Å². The number of likely N-dealkylation sites (tertiary alicyclic amines) is 2. The van der Waals surface area contributed by atoms with Crippen LogP contribution >= 0.6 is 11.3 Å². The third kappa shape index (κ3) is 5.81. The molecule has 3 rings (SSSR count). The summed E-state index contributed by atoms with van der Waals surface area (Å²) in [6.45, 7) is 1.12. The monoisotopic (exact) mass is 468 g/mol. The molecule has 11 heteroatoms. The molecule has 1 aromatic heterocycles. The van der Waals surface area contributed by atoms with Gasteiger partial charge in [0, 0.05) is 38.7 Å². The number of carbonyl (C=O) groups excluding carboxylic acids is 2. The Labute approximate surface area is 179 Å². The number of hydrogen-bond donors (Lipinski definition) is 0. The molecular weight excluding hydrogens is 446 g/mol. The van der Waals surface area contributed by atoms with Crippen LogP contribution in [-0.2, 0) is 9.59 Å². The number of amides is 2. The molecule has 172 valence electrons. The Morgan fingerprint density at radius 3 is 2.13 bits per heavy atom. The number of nitrogens with zero attached hydrogens (tertiary/aromatic N) is 2. The molecule has 0 aromatic carbocycles. The van der Waals surface area contributed by atoms with Crippen LogP contribution < -0.4 is 0 Å². The van der Waals surface area contributed by atoms with E-state index in [9.17, 15) is 35.9 Å². The minimum atomic E-state index is -5.52. The van der Waals surface area contributed by atoms with Gasteiger partial charge in [0.1, 0.15) is 0 Å². The zero-order chi connectivity index (χ0) is 22.9. The fraction of sp³-hybridized carbons (Fsp3) is 0.600. The lowest BCUT2D eigenvalue weighted by molar-refractivity contribution is -0.284. The highest BCUT2D eigenvalue weighted by molar-refractivity contribution is 7.08. The average Bonchev–Trinajstić information content (AvgIpc) is 3.33. The molecule has 2 aliphatic rings. The van der Waals surface area contributed by atoms with Crippen molar-refractivity contribution in [3.8, 4) is 0 Å². The van der Waals surface area contributed by atoms with Gasteiger partial charge in [-0.3, -0.25) is 9.59 Å². The predicted octanol–water partition coefficient (Wildman–Crippen LogP) is 4.73. The number of carbonyl (C=O) groups is 2. The van der Waals surface area contributed by atoms with Gasteiger partial charge in [-0.05, 0) is 53.1 Å². The molecule has 31 heavy (non-hydrogen) atoms. The molecule has 0 unspecified atom stereocenters. The van der Waals surface area contributed by atoms with E-state index in [1.54, 1.807) is 11.0 Å². The smallest absolute Gasteiger partial charge is 0.342 e. The fourth-order valence-electron chi connectivity index (χ4n) is 4.12. The standard InChI is InChI=1S/C20H22F6N2O2S/c21-19(22,23)15(20(24,25)26)11-17(30)28-9-6-18(13-28)4-7-27(8-5-18)16(29)2-1-14-3-10-31-12-14/h1-3,10,12,15H,4-9,11,13H2/b2-1+. The Kier molecular flexibility index (Phi) is 6.73. The highest BCUT2D eigenvalue weighted by Gasteiger charge is 2.58. The molecule has 2 aliphatic heterocycles. The zero-order valence-corrected chi connectivity index (χ0v) is 17.3. The number of alkyl halides is 6. The van der Waals surface area contributed by atoms with Gasteiger partial charge >= 0.3 is 12.4 Å². The highest BCUT2D eigenvalue weighted by atomic mass is 32.1. The van der Waals surface area contributed by atoms with E-state index in [2.05, 4.69) is 0 Å². The number of thiophene rings is 1. The van der Waals surface area contributed by atoms with Crippen molar-refractivity contribution in [3.63, 3.8) is 0 Å². The van der Waals surface area contributed by atoms with Gasteiger partial charge in [-0.15, -0.1) is 0 Å². The van der Waals surface area contributed by atoms with E-state index in [4.69, 9.17) is 0 Å². The largest absolute Gasteiger partial charge is 0.400 e. The topological polar surface area (TPSA) is 40.6 Å².